The molecular formula is C27H23ClF3N5OS. The molecule has 0 spiro atoms. The summed E-state index contributed by atoms with van der Waals surface area (Å²) in [6.45, 7) is 6.55. The summed E-state index contributed by atoms with van der Waals surface area (Å²) in [5, 5.41) is 12.4. The predicted molar refractivity (Wildman–Crippen MR) is 140 cm³/mol. The first-order chi connectivity index (χ1) is 17.9. The minimum atomic E-state index is -4.78. The van der Waals surface area contributed by atoms with Gasteiger partial charge in [-0.25, -0.2) is 9.97 Å². The van der Waals surface area contributed by atoms with Gasteiger partial charge in [0.25, 0.3) is 5.91 Å². The number of carbonyl (C=O) groups excluding carboxylic acids is 1. The zero-order valence-electron chi connectivity index (χ0n) is 20.8. The fraction of sp³-hybridized carbons (Fsp3) is 0.333. The molecule has 0 saturated heterocycles. The molecule has 196 valence electrons. The molecule has 0 fully saturated rings. The Bertz CT molecular complexity index is 1600. The molecule has 1 aliphatic carbocycles. The topological polar surface area (TPSA) is 83.1 Å². The van der Waals surface area contributed by atoms with E-state index in [1.54, 1.807) is 30.3 Å². The van der Waals surface area contributed by atoms with E-state index >= 15 is 0 Å². The molecule has 0 radical (unpaired) electrons. The summed E-state index contributed by atoms with van der Waals surface area (Å²) in [4.78, 5) is 22.6. The molecule has 1 aliphatic rings. The number of alkyl halides is 3. The van der Waals surface area contributed by atoms with Gasteiger partial charge >= 0.3 is 6.18 Å². The Labute approximate surface area is 226 Å². The second kappa shape index (κ2) is 9.40. The van der Waals surface area contributed by atoms with Gasteiger partial charge in [-0.2, -0.15) is 18.4 Å². The zero-order valence-corrected chi connectivity index (χ0v) is 22.4. The summed E-state index contributed by atoms with van der Waals surface area (Å²) < 4.78 is 42.7. The number of anilines is 1. The van der Waals surface area contributed by atoms with Crippen LogP contribution in [0.1, 0.15) is 59.4 Å². The average molecular weight is 558 g/mol. The number of hydrogen-bond acceptors (Lipinski definition) is 5. The number of benzene rings is 1. The summed E-state index contributed by atoms with van der Waals surface area (Å²) in [7, 11) is 0. The summed E-state index contributed by atoms with van der Waals surface area (Å²) in [6, 6.07) is 11.4. The Morgan fingerprint density at radius 3 is 2.55 bits per heavy atom. The lowest BCUT2D eigenvalue weighted by atomic mass is 9.72. The molecule has 0 saturated carbocycles. The van der Waals surface area contributed by atoms with Crippen molar-refractivity contribution in [2.24, 2.45) is 11.3 Å². The predicted octanol–water partition coefficient (Wildman–Crippen LogP) is 7.40. The number of fused-ring (bicyclic) bond motifs is 2. The van der Waals surface area contributed by atoms with Crippen molar-refractivity contribution in [1.82, 2.24) is 14.4 Å². The number of nitriles is 1. The molecule has 3 heterocycles. The molecule has 3 aromatic heterocycles. The highest BCUT2D eigenvalue weighted by atomic mass is 35.5. The monoisotopic (exact) mass is 557 g/mol. The van der Waals surface area contributed by atoms with Crippen LogP contribution in [0.3, 0.4) is 0 Å². The van der Waals surface area contributed by atoms with Crippen molar-refractivity contribution in [2.45, 2.75) is 46.2 Å². The average Bonchev–Trinajstić information content (AvgIpc) is 3.39. The van der Waals surface area contributed by atoms with Crippen LogP contribution < -0.4 is 5.32 Å². The first-order valence-electron chi connectivity index (χ1n) is 12.0. The third-order valence-electron chi connectivity index (χ3n) is 6.94. The number of nitrogens with one attached hydrogen (secondary N) is 1. The van der Waals surface area contributed by atoms with E-state index in [-0.39, 0.29) is 16.9 Å². The van der Waals surface area contributed by atoms with Gasteiger partial charge in [0.05, 0.1) is 11.3 Å². The number of hydrogen-bond donors (Lipinski definition) is 1. The Morgan fingerprint density at radius 2 is 1.92 bits per heavy atom. The van der Waals surface area contributed by atoms with Crippen LogP contribution in [0.5, 0.6) is 0 Å². The van der Waals surface area contributed by atoms with E-state index in [1.165, 1.54) is 11.3 Å². The number of carbonyl (C=O) groups is 1. The number of amides is 1. The Morgan fingerprint density at radius 1 is 1.21 bits per heavy atom. The van der Waals surface area contributed by atoms with Crippen molar-refractivity contribution < 1.29 is 18.0 Å². The maximum absolute atomic E-state index is 14.0. The van der Waals surface area contributed by atoms with Crippen molar-refractivity contribution in [1.29, 1.82) is 5.26 Å². The highest BCUT2D eigenvalue weighted by Gasteiger charge is 2.37. The Balaban J connectivity index is 1.54. The number of rotatable bonds is 3. The van der Waals surface area contributed by atoms with Crippen LogP contribution in [0.25, 0.3) is 17.0 Å². The van der Waals surface area contributed by atoms with Crippen molar-refractivity contribution >= 4 is 39.6 Å². The van der Waals surface area contributed by atoms with Gasteiger partial charge < -0.3 is 5.32 Å². The van der Waals surface area contributed by atoms with Gasteiger partial charge in [-0.3, -0.25) is 9.20 Å². The molecule has 4 aromatic rings. The van der Waals surface area contributed by atoms with Crippen LogP contribution in [0.15, 0.2) is 36.4 Å². The SMILES string of the molecule is CC(C)(C)[C@H]1CCc2c(sc(NC(=O)c3nc4nc(-c5ccccc5)cc(C(F)(F)F)n4c3Cl)c2C#N)C1. The molecular weight excluding hydrogens is 535 g/mol. The number of aromatic nitrogens is 3. The molecule has 1 aromatic carbocycles. The van der Waals surface area contributed by atoms with E-state index in [2.05, 4.69) is 42.1 Å². The molecule has 11 heteroatoms. The molecule has 5 rings (SSSR count). The first kappa shape index (κ1) is 26.2. The van der Waals surface area contributed by atoms with Crippen LogP contribution in [-0.2, 0) is 19.0 Å². The minimum absolute atomic E-state index is 0.0464. The zero-order chi connectivity index (χ0) is 27.4. The third-order valence-corrected chi connectivity index (χ3v) is 8.46. The first-order valence-corrected chi connectivity index (χ1v) is 13.2. The molecule has 38 heavy (non-hydrogen) atoms. The van der Waals surface area contributed by atoms with Gasteiger partial charge in [0.15, 0.2) is 5.69 Å². The van der Waals surface area contributed by atoms with Crippen molar-refractivity contribution in [3.8, 4) is 17.3 Å². The lowest BCUT2D eigenvalue weighted by Crippen LogP contribution is -2.26. The van der Waals surface area contributed by atoms with E-state index in [0.29, 0.717) is 26.4 Å². The summed E-state index contributed by atoms with van der Waals surface area (Å²) in [5.74, 6) is -0.729. The Kier molecular flexibility index (Phi) is 6.48. The summed E-state index contributed by atoms with van der Waals surface area (Å²) in [6.07, 6.45) is -2.33. The lowest BCUT2D eigenvalue weighted by Gasteiger charge is -2.33. The van der Waals surface area contributed by atoms with Gasteiger partial charge in [-0.1, -0.05) is 62.7 Å². The smallest absolute Gasteiger partial charge is 0.311 e. The van der Waals surface area contributed by atoms with Crippen LogP contribution in [-0.4, -0.2) is 20.3 Å². The second-order valence-corrected chi connectivity index (χ2v) is 11.8. The van der Waals surface area contributed by atoms with Crippen LogP contribution in [0, 0.1) is 22.7 Å². The van der Waals surface area contributed by atoms with E-state index in [4.69, 9.17) is 11.6 Å². The van der Waals surface area contributed by atoms with Crippen LogP contribution in [0.4, 0.5) is 18.2 Å². The van der Waals surface area contributed by atoms with Crippen molar-refractivity contribution in [3.05, 3.63) is 68.9 Å². The number of imidazole rings is 1. The van der Waals surface area contributed by atoms with Crippen LogP contribution in [0.2, 0.25) is 5.15 Å². The standard InChI is InChI=1S/C27H23ClF3N5OS/c1-26(2,3)15-9-10-16-17(13-32)24(38-19(16)11-15)35-23(37)21-22(28)36-20(27(29,30)31)12-18(33-25(36)34-21)14-7-5-4-6-8-14/h4-8,12,15H,9-11H2,1-3H3,(H,35,37)/t15-/m0/s1. The summed E-state index contributed by atoms with van der Waals surface area (Å²) in [5.41, 5.74) is 0.401. The molecule has 0 aliphatic heterocycles. The normalized spacial score (nSPS) is 15.8. The Hall–Kier alpha value is -3.42. The second-order valence-electron chi connectivity index (χ2n) is 10.4. The van der Waals surface area contributed by atoms with Crippen molar-refractivity contribution in [3.63, 3.8) is 0 Å². The van der Waals surface area contributed by atoms with Gasteiger partial charge in [-0.15, -0.1) is 11.3 Å². The minimum Gasteiger partial charge on any atom is -0.311 e. The van der Waals surface area contributed by atoms with E-state index in [0.717, 1.165) is 35.8 Å². The molecule has 1 amide bonds. The van der Waals surface area contributed by atoms with Crippen LogP contribution >= 0.6 is 22.9 Å². The van der Waals surface area contributed by atoms with Gasteiger partial charge in [0.2, 0.25) is 5.78 Å². The van der Waals surface area contributed by atoms with E-state index in [1.807, 2.05) is 0 Å². The number of halogens is 4. The number of thiophene rings is 1. The van der Waals surface area contributed by atoms with Crippen molar-refractivity contribution in [2.75, 3.05) is 5.32 Å². The third kappa shape index (κ3) is 4.65. The van der Waals surface area contributed by atoms with E-state index < -0.39 is 28.6 Å². The number of nitrogens with zero attached hydrogens (tertiary/aromatic N) is 4. The maximum Gasteiger partial charge on any atom is 0.431 e. The lowest BCUT2D eigenvalue weighted by molar-refractivity contribution is -0.142. The van der Waals surface area contributed by atoms with Gasteiger partial charge in [-0.05, 0) is 42.2 Å². The maximum atomic E-state index is 14.0. The fourth-order valence-electron chi connectivity index (χ4n) is 4.82. The quantitative estimate of drug-likeness (QED) is 0.284. The summed E-state index contributed by atoms with van der Waals surface area (Å²) >= 11 is 7.63. The highest BCUT2D eigenvalue weighted by Crippen LogP contribution is 2.44. The molecule has 1 N–H and O–H groups in total. The molecule has 1 atom stereocenters. The largest absolute Gasteiger partial charge is 0.431 e. The van der Waals surface area contributed by atoms with Gasteiger partial charge in [0.1, 0.15) is 21.9 Å². The van der Waals surface area contributed by atoms with Gasteiger partial charge in [0, 0.05) is 10.4 Å². The molecule has 0 bridgehead atoms. The fourth-order valence-corrected chi connectivity index (χ4v) is 6.38. The van der Waals surface area contributed by atoms with E-state index in [9.17, 15) is 23.2 Å². The molecule has 0 unspecified atom stereocenters. The highest BCUT2D eigenvalue weighted by molar-refractivity contribution is 7.16. The molecule has 6 nitrogen and oxygen atoms in total.